The number of thioether (sulfide) groups is 1. The smallest absolute Gasteiger partial charge is 0.319 e. The van der Waals surface area contributed by atoms with E-state index in [0.29, 0.717) is 15.4 Å². The van der Waals surface area contributed by atoms with Crippen LogP contribution in [0.1, 0.15) is 18.1 Å². The van der Waals surface area contributed by atoms with Crippen LogP contribution >= 0.6 is 23.1 Å². The van der Waals surface area contributed by atoms with Crippen molar-refractivity contribution in [2.24, 2.45) is 0 Å². The zero-order valence-corrected chi connectivity index (χ0v) is 18.2. The number of carbonyl (C=O) groups excluding carboxylic acids is 1. The third kappa shape index (κ3) is 4.47. The molecule has 2 heterocycles. The Bertz CT molecular complexity index is 1230. The minimum absolute atomic E-state index is 0.204. The molecule has 0 saturated carbocycles. The molecule has 1 N–H and O–H groups in total. The Hall–Kier alpha value is -2.90. The summed E-state index contributed by atoms with van der Waals surface area (Å²) >= 11 is 2.61. The Morgan fingerprint density at radius 1 is 1.17 bits per heavy atom. The number of thiophene rings is 1. The van der Waals surface area contributed by atoms with Gasteiger partial charge in [0, 0.05) is 10.9 Å². The van der Waals surface area contributed by atoms with Crippen LogP contribution in [0.5, 0.6) is 0 Å². The van der Waals surface area contributed by atoms with Gasteiger partial charge in [-0.15, -0.1) is 11.3 Å². The summed E-state index contributed by atoms with van der Waals surface area (Å²) < 4.78 is 5.37. The van der Waals surface area contributed by atoms with Crippen molar-refractivity contribution in [2.75, 3.05) is 0 Å². The Morgan fingerprint density at radius 3 is 2.63 bits per heavy atom. The highest BCUT2D eigenvalue weighted by atomic mass is 32.2. The van der Waals surface area contributed by atoms with Crippen LogP contribution in [0.15, 0.2) is 69.9 Å². The van der Waals surface area contributed by atoms with E-state index >= 15 is 0 Å². The van der Waals surface area contributed by atoms with Crippen LogP contribution in [0.2, 0.25) is 0 Å². The molecule has 0 aliphatic heterocycles. The SMILES string of the molecule is Cc1ccc(-c2csc3nc(SC(C)C(=O)OCc4ccccc4)[nH]c(=O)c23)cc1. The number of hydrogen-bond donors (Lipinski definition) is 1. The summed E-state index contributed by atoms with van der Waals surface area (Å²) in [5.41, 5.74) is 3.74. The van der Waals surface area contributed by atoms with Gasteiger partial charge in [0.05, 0.1) is 5.39 Å². The summed E-state index contributed by atoms with van der Waals surface area (Å²) in [6.07, 6.45) is 0. The molecule has 4 rings (SSSR count). The van der Waals surface area contributed by atoms with Crippen molar-refractivity contribution in [3.05, 3.63) is 81.5 Å². The first-order chi connectivity index (χ1) is 14.5. The molecule has 0 amide bonds. The summed E-state index contributed by atoms with van der Waals surface area (Å²) in [7, 11) is 0. The summed E-state index contributed by atoms with van der Waals surface area (Å²) in [4.78, 5) is 33.1. The minimum atomic E-state index is -0.495. The monoisotopic (exact) mass is 436 g/mol. The molecular formula is C23H20N2O3S2. The van der Waals surface area contributed by atoms with Gasteiger partial charge < -0.3 is 9.72 Å². The second kappa shape index (κ2) is 8.85. The average Bonchev–Trinajstić information content (AvgIpc) is 3.18. The van der Waals surface area contributed by atoms with Gasteiger partial charge in [0.2, 0.25) is 0 Å². The largest absolute Gasteiger partial charge is 0.460 e. The average molecular weight is 437 g/mol. The lowest BCUT2D eigenvalue weighted by molar-refractivity contribution is -0.143. The van der Waals surface area contributed by atoms with E-state index in [0.717, 1.165) is 22.3 Å². The minimum Gasteiger partial charge on any atom is -0.460 e. The molecule has 0 spiro atoms. The van der Waals surface area contributed by atoms with Crippen molar-refractivity contribution in [1.82, 2.24) is 9.97 Å². The number of aromatic amines is 1. The lowest BCUT2D eigenvalue weighted by atomic mass is 10.1. The van der Waals surface area contributed by atoms with E-state index in [1.54, 1.807) is 6.92 Å². The highest BCUT2D eigenvalue weighted by molar-refractivity contribution is 8.00. The number of nitrogens with zero attached hydrogens (tertiary/aromatic N) is 1. The molecule has 0 saturated heterocycles. The number of ether oxygens (including phenoxy) is 1. The van der Waals surface area contributed by atoms with Crippen LogP contribution in [0.25, 0.3) is 21.3 Å². The molecule has 0 fully saturated rings. The van der Waals surface area contributed by atoms with E-state index in [4.69, 9.17) is 4.74 Å². The Kier molecular flexibility index (Phi) is 6.01. The first-order valence-electron chi connectivity index (χ1n) is 9.47. The number of benzene rings is 2. The third-order valence-electron chi connectivity index (χ3n) is 4.63. The highest BCUT2D eigenvalue weighted by Crippen LogP contribution is 2.32. The van der Waals surface area contributed by atoms with Crippen molar-refractivity contribution >= 4 is 39.3 Å². The lowest BCUT2D eigenvalue weighted by Crippen LogP contribution is -2.18. The number of nitrogens with one attached hydrogen (secondary N) is 1. The van der Waals surface area contributed by atoms with E-state index in [1.165, 1.54) is 23.1 Å². The fourth-order valence-corrected chi connectivity index (χ4v) is 4.79. The van der Waals surface area contributed by atoms with Crippen molar-refractivity contribution in [3.63, 3.8) is 0 Å². The van der Waals surface area contributed by atoms with E-state index in [1.807, 2.05) is 66.9 Å². The summed E-state index contributed by atoms with van der Waals surface area (Å²) in [6, 6.07) is 17.6. The normalized spacial score (nSPS) is 12.1. The molecule has 4 aromatic rings. The number of esters is 1. The Balaban J connectivity index is 1.50. The van der Waals surface area contributed by atoms with Crippen molar-refractivity contribution in [2.45, 2.75) is 30.9 Å². The molecule has 0 bridgehead atoms. The fraction of sp³-hybridized carbons (Fsp3) is 0.174. The maximum Gasteiger partial charge on any atom is 0.319 e. The van der Waals surface area contributed by atoms with Gasteiger partial charge in [-0.1, -0.05) is 71.9 Å². The van der Waals surface area contributed by atoms with Crippen LogP contribution in [-0.2, 0) is 16.1 Å². The number of hydrogen-bond acceptors (Lipinski definition) is 6. The first kappa shape index (κ1) is 20.4. The second-order valence-electron chi connectivity index (χ2n) is 6.92. The third-order valence-corrected chi connectivity index (χ3v) is 6.46. The Morgan fingerprint density at radius 2 is 1.90 bits per heavy atom. The molecule has 0 radical (unpaired) electrons. The summed E-state index contributed by atoms with van der Waals surface area (Å²) in [5.74, 6) is -0.349. The molecule has 30 heavy (non-hydrogen) atoms. The van der Waals surface area contributed by atoms with Crippen molar-refractivity contribution < 1.29 is 9.53 Å². The summed E-state index contributed by atoms with van der Waals surface area (Å²) in [6.45, 7) is 3.99. The fourth-order valence-electron chi connectivity index (χ4n) is 2.99. The van der Waals surface area contributed by atoms with Gasteiger partial charge in [-0.05, 0) is 25.0 Å². The van der Waals surface area contributed by atoms with Gasteiger partial charge in [0.1, 0.15) is 16.7 Å². The van der Waals surface area contributed by atoms with Crippen molar-refractivity contribution in [1.29, 1.82) is 0 Å². The van der Waals surface area contributed by atoms with Crippen LogP contribution in [0.3, 0.4) is 0 Å². The highest BCUT2D eigenvalue weighted by Gasteiger charge is 2.19. The number of rotatable bonds is 6. The topological polar surface area (TPSA) is 72.0 Å². The van der Waals surface area contributed by atoms with Crippen molar-refractivity contribution in [3.8, 4) is 11.1 Å². The molecule has 5 nitrogen and oxygen atoms in total. The van der Waals surface area contributed by atoms with E-state index in [-0.39, 0.29) is 18.1 Å². The molecule has 152 valence electrons. The van der Waals surface area contributed by atoms with Crippen LogP contribution in [-0.4, -0.2) is 21.2 Å². The molecule has 0 aliphatic carbocycles. The van der Waals surface area contributed by atoms with Gasteiger partial charge in [0.25, 0.3) is 5.56 Å². The predicted octanol–water partition coefficient (Wildman–Crippen LogP) is 5.18. The lowest BCUT2D eigenvalue weighted by Gasteiger charge is -2.10. The maximum absolute atomic E-state index is 12.8. The van der Waals surface area contributed by atoms with Gasteiger partial charge in [-0.2, -0.15) is 0 Å². The number of aromatic nitrogens is 2. The maximum atomic E-state index is 12.8. The quantitative estimate of drug-likeness (QED) is 0.256. The molecule has 2 aromatic heterocycles. The number of H-pyrrole nitrogens is 1. The number of carbonyl (C=O) groups is 1. The molecule has 1 atom stereocenters. The Labute approximate surface area is 182 Å². The van der Waals surface area contributed by atoms with Gasteiger partial charge in [-0.25, -0.2) is 4.98 Å². The standard InChI is InChI=1S/C23H20N2O3S2/c1-14-8-10-17(11-9-14)18-13-29-21-19(18)20(26)24-23(25-21)30-15(2)22(27)28-12-16-6-4-3-5-7-16/h3-11,13,15H,12H2,1-2H3,(H,24,25,26). The van der Waals surface area contributed by atoms with Gasteiger partial charge in [-0.3, -0.25) is 9.59 Å². The number of aryl methyl sites for hydroxylation is 1. The zero-order chi connectivity index (χ0) is 21.1. The van der Waals surface area contributed by atoms with E-state index in [9.17, 15) is 9.59 Å². The predicted molar refractivity (Wildman–Crippen MR) is 122 cm³/mol. The first-order valence-corrected chi connectivity index (χ1v) is 11.2. The molecule has 2 aromatic carbocycles. The van der Waals surface area contributed by atoms with E-state index < -0.39 is 5.25 Å². The second-order valence-corrected chi connectivity index (χ2v) is 9.11. The van der Waals surface area contributed by atoms with Gasteiger partial charge >= 0.3 is 5.97 Å². The van der Waals surface area contributed by atoms with Crippen LogP contribution < -0.4 is 5.56 Å². The van der Waals surface area contributed by atoms with Crippen LogP contribution in [0.4, 0.5) is 0 Å². The van der Waals surface area contributed by atoms with Crippen LogP contribution in [0, 0.1) is 6.92 Å². The number of fused-ring (bicyclic) bond motifs is 1. The summed E-state index contributed by atoms with van der Waals surface area (Å²) in [5, 5.41) is 2.44. The molecule has 1 unspecified atom stereocenters. The zero-order valence-electron chi connectivity index (χ0n) is 16.5. The molecular weight excluding hydrogens is 416 g/mol. The molecule has 0 aliphatic rings. The van der Waals surface area contributed by atoms with E-state index in [2.05, 4.69) is 9.97 Å². The van der Waals surface area contributed by atoms with Gasteiger partial charge in [0.15, 0.2) is 5.16 Å². The molecule has 7 heteroatoms.